The van der Waals surface area contributed by atoms with E-state index in [4.69, 9.17) is 11.6 Å². The van der Waals surface area contributed by atoms with Gasteiger partial charge in [-0.25, -0.2) is 0 Å². The molecule has 0 aliphatic carbocycles. The molecule has 1 aromatic carbocycles. The highest BCUT2D eigenvalue weighted by atomic mass is 79.9. The molecule has 1 atom stereocenters. The van der Waals surface area contributed by atoms with E-state index in [1.165, 1.54) is 4.88 Å². The van der Waals surface area contributed by atoms with E-state index in [0.29, 0.717) is 0 Å². The molecule has 5 heteroatoms. The Balaban J connectivity index is 2.18. The Kier molecular flexibility index (Phi) is 4.53. The molecule has 0 radical (unpaired) electrons. The summed E-state index contributed by atoms with van der Waals surface area (Å²) in [5, 5.41) is 6.24. The molecule has 2 aromatic rings. The first-order chi connectivity index (χ1) is 8.08. The molecular weight excluding hydrogens is 385 g/mol. The van der Waals surface area contributed by atoms with Crippen LogP contribution < -0.4 is 5.32 Å². The summed E-state index contributed by atoms with van der Waals surface area (Å²) < 4.78 is 2.03. The highest BCUT2D eigenvalue weighted by Crippen LogP contribution is 2.34. The molecule has 1 nitrogen and oxygen atoms in total. The Labute approximate surface area is 126 Å². The summed E-state index contributed by atoms with van der Waals surface area (Å²) in [5.74, 6) is 0. The Bertz CT molecular complexity index is 527. The van der Waals surface area contributed by atoms with Crippen molar-refractivity contribution < 1.29 is 0 Å². The van der Waals surface area contributed by atoms with Crippen molar-refractivity contribution in [2.45, 2.75) is 13.0 Å². The largest absolute Gasteiger partial charge is 0.377 e. The van der Waals surface area contributed by atoms with Crippen molar-refractivity contribution in [3.63, 3.8) is 0 Å². The first-order valence-electron chi connectivity index (χ1n) is 5.02. The van der Waals surface area contributed by atoms with Crippen LogP contribution in [-0.2, 0) is 0 Å². The van der Waals surface area contributed by atoms with Crippen molar-refractivity contribution in [2.75, 3.05) is 5.32 Å². The lowest BCUT2D eigenvalue weighted by molar-refractivity contribution is 0.906. The molecule has 0 amide bonds. The third-order valence-electron chi connectivity index (χ3n) is 2.34. The summed E-state index contributed by atoms with van der Waals surface area (Å²) >= 11 is 14.7. The third kappa shape index (κ3) is 3.25. The molecule has 0 aliphatic rings. The van der Waals surface area contributed by atoms with Gasteiger partial charge in [0.25, 0.3) is 0 Å². The molecule has 0 aliphatic heterocycles. The van der Waals surface area contributed by atoms with Crippen molar-refractivity contribution >= 4 is 60.5 Å². The Morgan fingerprint density at radius 3 is 2.76 bits per heavy atom. The van der Waals surface area contributed by atoms with Crippen molar-refractivity contribution in [1.82, 2.24) is 0 Å². The molecule has 17 heavy (non-hydrogen) atoms. The topological polar surface area (TPSA) is 12.0 Å². The van der Waals surface area contributed by atoms with Crippen LogP contribution >= 0.6 is 54.8 Å². The zero-order valence-corrected chi connectivity index (χ0v) is 13.8. The van der Waals surface area contributed by atoms with Gasteiger partial charge in [-0.1, -0.05) is 17.7 Å². The number of thiophene rings is 1. The van der Waals surface area contributed by atoms with Gasteiger partial charge in [0.15, 0.2) is 0 Å². The summed E-state index contributed by atoms with van der Waals surface area (Å²) in [5.41, 5.74) is 1.01. The minimum atomic E-state index is 0.251. The second-order valence-electron chi connectivity index (χ2n) is 3.63. The molecule has 1 unspecified atom stereocenters. The van der Waals surface area contributed by atoms with Crippen molar-refractivity contribution in [1.29, 1.82) is 0 Å². The minimum Gasteiger partial charge on any atom is -0.377 e. The average Bonchev–Trinajstić information content (AvgIpc) is 2.72. The van der Waals surface area contributed by atoms with Crippen molar-refractivity contribution in [2.24, 2.45) is 0 Å². The number of nitrogens with one attached hydrogen (secondary N) is 1. The second-order valence-corrected chi connectivity index (χ2v) is 6.69. The van der Waals surface area contributed by atoms with Gasteiger partial charge in [0.2, 0.25) is 0 Å². The summed E-state index contributed by atoms with van der Waals surface area (Å²) in [7, 11) is 0. The van der Waals surface area contributed by atoms with E-state index in [9.17, 15) is 0 Å². The zero-order valence-electron chi connectivity index (χ0n) is 9.01. The molecule has 0 saturated heterocycles. The molecule has 0 spiro atoms. The summed E-state index contributed by atoms with van der Waals surface area (Å²) in [6.07, 6.45) is 0. The molecule has 0 bridgehead atoms. The lowest BCUT2D eigenvalue weighted by atomic mass is 10.2. The van der Waals surface area contributed by atoms with Crippen LogP contribution in [0.15, 0.2) is 38.6 Å². The van der Waals surface area contributed by atoms with E-state index in [2.05, 4.69) is 55.5 Å². The average molecular weight is 396 g/mol. The van der Waals surface area contributed by atoms with Crippen LogP contribution in [0.1, 0.15) is 17.8 Å². The van der Waals surface area contributed by atoms with E-state index >= 15 is 0 Å². The predicted octanol–water partition coefficient (Wildman–Crippen LogP) is 6.10. The van der Waals surface area contributed by atoms with Crippen LogP contribution in [0.4, 0.5) is 5.69 Å². The molecule has 0 saturated carbocycles. The first kappa shape index (κ1) is 13.4. The monoisotopic (exact) mass is 393 g/mol. The maximum atomic E-state index is 6.06. The van der Waals surface area contributed by atoms with Crippen LogP contribution in [-0.4, -0.2) is 0 Å². The third-order valence-corrected chi connectivity index (χ3v) is 5.61. The van der Waals surface area contributed by atoms with Gasteiger partial charge in [0.1, 0.15) is 0 Å². The highest BCUT2D eigenvalue weighted by molar-refractivity contribution is 9.11. The summed E-state index contributed by atoms with van der Waals surface area (Å²) in [4.78, 5) is 1.28. The Morgan fingerprint density at radius 2 is 2.12 bits per heavy atom. The summed E-state index contributed by atoms with van der Waals surface area (Å²) in [6, 6.07) is 8.19. The van der Waals surface area contributed by atoms with Crippen LogP contribution in [0.3, 0.4) is 0 Å². The van der Waals surface area contributed by atoms with E-state index in [1.54, 1.807) is 11.3 Å². The van der Waals surface area contributed by atoms with Crippen LogP contribution in [0.2, 0.25) is 5.02 Å². The van der Waals surface area contributed by atoms with Gasteiger partial charge in [0.05, 0.1) is 21.2 Å². The van der Waals surface area contributed by atoms with Gasteiger partial charge in [-0.15, -0.1) is 11.3 Å². The lowest BCUT2D eigenvalue weighted by Gasteiger charge is -2.15. The SMILES string of the molecule is CC(Nc1cccc(Cl)c1Br)c1cc(Br)cs1. The molecule has 2 rings (SSSR count). The fourth-order valence-corrected chi connectivity index (χ4v) is 3.48. The lowest BCUT2D eigenvalue weighted by Crippen LogP contribution is -2.05. The number of hydrogen-bond acceptors (Lipinski definition) is 2. The maximum Gasteiger partial charge on any atom is 0.0593 e. The van der Waals surface area contributed by atoms with Crippen LogP contribution in [0.25, 0.3) is 0 Å². The van der Waals surface area contributed by atoms with E-state index in [1.807, 2.05) is 18.2 Å². The van der Waals surface area contributed by atoms with Gasteiger partial charge >= 0.3 is 0 Å². The fourth-order valence-electron chi connectivity index (χ4n) is 1.47. The van der Waals surface area contributed by atoms with Crippen molar-refractivity contribution in [3.05, 3.63) is 48.5 Å². The smallest absolute Gasteiger partial charge is 0.0593 e. The van der Waals surface area contributed by atoms with E-state index < -0.39 is 0 Å². The quantitative estimate of drug-likeness (QED) is 0.662. The number of hydrogen-bond donors (Lipinski definition) is 1. The fraction of sp³-hybridized carbons (Fsp3) is 0.167. The van der Waals surface area contributed by atoms with Crippen LogP contribution in [0.5, 0.6) is 0 Å². The normalized spacial score (nSPS) is 12.5. The maximum absolute atomic E-state index is 6.06. The highest BCUT2D eigenvalue weighted by Gasteiger charge is 2.10. The van der Waals surface area contributed by atoms with Gasteiger partial charge in [-0.05, 0) is 57.0 Å². The molecular formula is C12H10Br2ClNS. The first-order valence-corrected chi connectivity index (χ1v) is 7.87. The van der Waals surface area contributed by atoms with Gasteiger partial charge in [-0.3, -0.25) is 0 Å². The van der Waals surface area contributed by atoms with E-state index in [-0.39, 0.29) is 6.04 Å². The Hall–Kier alpha value is -0.0300. The van der Waals surface area contributed by atoms with Crippen LogP contribution in [0, 0.1) is 0 Å². The zero-order chi connectivity index (χ0) is 12.4. The predicted molar refractivity (Wildman–Crippen MR) is 83.2 cm³/mol. The molecule has 1 aromatic heterocycles. The van der Waals surface area contributed by atoms with Gasteiger partial charge < -0.3 is 5.32 Å². The van der Waals surface area contributed by atoms with Gasteiger partial charge in [-0.2, -0.15) is 0 Å². The van der Waals surface area contributed by atoms with Crippen molar-refractivity contribution in [3.8, 4) is 0 Å². The number of anilines is 1. The molecule has 1 N–H and O–H groups in total. The number of rotatable bonds is 3. The molecule has 1 heterocycles. The molecule has 0 fully saturated rings. The standard InChI is InChI=1S/C12H10Br2ClNS/c1-7(11-5-8(13)6-17-11)16-10-4-2-3-9(15)12(10)14/h2-7,16H,1H3. The second kappa shape index (κ2) is 5.74. The molecule has 90 valence electrons. The van der Waals surface area contributed by atoms with E-state index in [0.717, 1.165) is 19.7 Å². The number of halogens is 3. The summed E-state index contributed by atoms with van der Waals surface area (Å²) in [6.45, 7) is 2.13. The Morgan fingerprint density at radius 1 is 1.35 bits per heavy atom. The minimum absolute atomic E-state index is 0.251. The number of benzene rings is 1. The van der Waals surface area contributed by atoms with Gasteiger partial charge in [0, 0.05) is 14.7 Å².